The molecule has 0 unspecified atom stereocenters. The molecule has 2 saturated heterocycles. The van der Waals surface area contributed by atoms with Crippen LogP contribution in [0.1, 0.15) is 53.7 Å². The first-order valence-electron chi connectivity index (χ1n) is 10.6. The highest BCUT2D eigenvalue weighted by atomic mass is 16.2. The molecule has 150 valence electrons. The summed E-state index contributed by atoms with van der Waals surface area (Å²) in [5.74, 6) is 0.739. The van der Waals surface area contributed by atoms with Gasteiger partial charge in [-0.2, -0.15) is 5.10 Å². The summed E-state index contributed by atoms with van der Waals surface area (Å²) in [5, 5.41) is 4.35. The number of aryl methyl sites for hydroxylation is 1. The first-order valence-corrected chi connectivity index (χ1v) is 10.6. The van der Waals surface area contributed by atoms with E-state index in [1.54, 1.807) is 6.20 Å². The van der Waals surface area contributed by atoms with Crippen LogP contribution in [0.5, 0.6) is 0 Å². The topological polar surface area (TPSA) is 41.4 Å². The minimum Gasteiger partial charge on any atom is -0.339 e. The number of hydrogen-bond donors (Lipinski definition) is 0. The fourth-order valence-electron chi connectivity index (χ4n) is 5.31. The third-order valence-electron chi connectivity index (χ3n) is 6.83. The maximum absolute atomic E-state index is 13.0. The fourth-order valence-corrected chi connectivity index (χ4v) is 5.31. The van der Waals surface area contributed by atoms with E-state index >= 15 is 0 Å². The molecule has 5 heteroatoms. The van der Waals surface area contributed by atoms with E-state index in [-0.39, 0.29) is 5.91 Å². The summed E-state index contributed by atoms with van der Waals surface area (Å²) in [6.07, 6.45) is 5.16. The van der Waals surface area contributed by atoms with Crippen LogP contribution in [0.3, 0.4) is 0 Å². The first-order chi connectivity index (χ1) is 13.5. The SMILES string of the molecule is CCn1ncc(C(=O)N2CCC3(CC2)C[C@@H](c2ccccc2)CN(C)C3)c1C. The summed E-state index contributed by atoms with van der Waals surface area (Å²) in [6, 6.07) is 10.9. The van der Waals surface area contributed by atoms with Gasteiger partial charge >= 0.3 is 0 Å². The van der Waals surface area contributed by atoms with Gasteiger partial charge in [-0.25, -0.2) is 0 Å². The summed E-state index contributed by atoms with van der Waals surface area (Å²) in [6.45, 7) is 8.83. The second kappa shape index (κ2) is 7.70. The maximum atomic E-state index is 13.0. The van der Waals surface area contributed by atoms with Crippen molar-refractivity contribution in [3.05, 3.63) is 53.3 Å². The number of amides is 1. The molecule has 0 radical (unpaired) electrons. The summed E-state index contributed by atoms with van der Waals surface area (Å²) < 4.78 is 1.90. The zero-order chi connectivity index (χ0) is 19.7. The Balaban J connectivity index is 1.45. The van der Waals surface area contributed by atoms with Crippen LogP contribution in [0.4, 0.5) is 0 Å². The Morgan fingerprint density at radius 1 is 1.21 bits per heavy atom. The van der Waals surface area contributed by atoms with Crippen LogP contribution in [0.25, 0.3) is 0 Å². The Morgan fingerprint density at radius 2 is 1.93 bits per heavy atom. The predicted molar refractivity (Wildman–Crippen MR) is 112 cm³/mol. The molecular weight excluding hydrogens is 348 g/mol. The van der Waals surface area contributed by atoms with Gasteiger partial charge in [-0.15, -0.1) is 0 Å². The monoisotopic (exact) mass is 380 g/mol. The van der Waals surface area contributed by atoms with Crippen LogP contribution < -0.4 is 0 Å². The molecule has 1 atom stereocenters. The van der Waals surface area contributed by atoms with Gasteiger partial charge in [-0.1, -0.05) is 30.3 Å². The van der Waals surface area contributed by atoms with Gasteiger partial charge in [-0.3, -0.25) is 9.48 Å². The lowest BCUT2D eigenvalue weighted by atomic mass is 9.68. The van der Waals surface area contributed by atoms with Crippen LogP contribution in [0, 0.1) is 12.3 Å². The van der Waals surface area contributed by atoms with Gasteiger partial charge in [0.2, 0.25) is 0 Å². The van der Waals surface area contributed by atoms with Crippen molar-refractivity contribution in [2.24, 2.45) is 5.41 Å². The van der Waals surface area contributed by atoms with E-state index in [0.29, 0.717) is 11.3 Å². The van der Waals surface area contributed by atoms with Crippen molar-refractivity contribution < 1.29 is 4.79 Å². The average Bonchev–Trinajstić information content (AvgIpc) is 3.08. The molecule has 4 rings (SSSR count). The summed E-state index contributed by atoms with van der Waals surface area (Å²) in [4.78, 5) is 17.6. The van der Waals surface area contributed by atoms with Gasteiger partial charge in [0.15, 0.2) is 0 Å². The number of hydrogen-bond acceptors (Lipinski definition) is 3. The van der Waals surface area contributed by atoms with E-state index < -0.39 is 0 Å². The number of likely N-dealkylation sites (tertiary alicyclic amines) is 2. The molecule has 2 aliphatic heterocycles. The number of likely N-dealkylation sites (N-methyl/N-ethyl adjacent to an activating group) is 1. The van der Waals surface area contributed by atoms with Crippen molar-refractivity contribution in [2.45, 2.75) is 45.6 Å². The molecule has 0 N–H and O–H groups in total. The normalized spacial score (nSPS) is 22.5. The van der Waals surface area contributed by atoms with Crippen LogP contribution in [0.15, 0.2) is 36.5 Å². The second-order valence-electron chi connectivity index (χ2n) is 8.76. The number of piperidine rings is 2. The molecule has 1 aromatic heterocycles. The standard InChI is InChI=1S/C23H32N4O/c1-4-27-18(2)21(15-24-27)22(28)26-12-10-23(11-13-26)14-20(16-25(3)17-23)19-8-6-5-7-9-19/h5-9,15,20H,4,10-14,16-17H2,1-3H3/t20-/m1/s1. The smallest absolute Gasteiger partial charge is 0.257 e. The number of nitrogens with zero attached hydrogens (tertiary/aromatic N) is 4. The molecule has 1 aromatic carbocycles. The van der Waals surface area contributed by atoms with Crippen LogP contribution in [0.2, 0.25) is 0 Å². The van der Waals surface area contributed by atoms with Crippen molar-refractivity contribution in [3.63, 3.8) is 0 Å². The van der Waals surface area contributed by atoms with E-state index in [9.17, 15) is 4.79 Å². The molecule has 2 fully saturated rings. The van der Waals surface area contributed by atoms with Gasteiger partial charge < -0.3 is 9.80 Å². The molecule has 0 saturated carbocycles. The lowest BCUT2D eigenvalue weighted by Gasteiger charge is -2.49. The van der Waals surface area contributed by atoms with Crippen molar-refractivity contribution in [1.82, 2.24) is 19.6 Å². The maximum Gasteiger partial charge on any atom is 0.257 e. The van der Waals surface area contributed by atoms with Gasteiger partial charge in [-0.05, 0) is 57.1 Å². The Morgan fingerprint density at radius 3 is 2.57 bits per heavy atom. The van der Waals surface area contributed by atoms with Crippen LogP contribution in [-0.4, -0.2) is 58.7 Å². The van der Waals surface area contributed by atoms with E-state index in [2.05, 4.69) is 54.3 Å². The van der Waals surface area contributed by atoms with E-state index in [4.69, 9.17) is 0 Å². The van der Waals surface area contributed by atoms with Crippen LogP contribution in [-0.2, 0) is 6.54 Å². The average molecular weight is 381 g/mol. The van der Waals surface area contributed by atoms with Crippen molar-refractivity contribution >= 4 is 5.91 Å². The zero-order valence-electron chi connectivity index (χ0n) is 17.4. The number of aromatic nitrogens is 2. The number of carbonyl (C=O) groups excluding carboxylic acids is 1. The highest BCUT2D eigenvalue weighted by Gasteiger charge is 2.42. The minimum absolute atomic E-state index is 0.149. The summed E-state index contributed by atoms with van der Waals surface area (Å²) in [5.41, 5.74) is 3.53. The van der Waals surface area contributed by atoms with Crippen LogP contribution >= 0.6 is 0 Å². The Bertz CT molecular complexity index is 820. The Hall–Kier alpha value is -2.14. The number of carbonyl (C=O) groups is 1. The number of benzene rings is 1. The predicted octanol–water partition coefficient (Wildman–Crippen LogP) is 3.55. The zero-order valence-corrected chi connectivity index (χ0v) is 17.4. The third-order valence-corrected chi connectivity index (χ3v) is 6.83. The third kappa shape index (κ3) is 3.60. The van der Waals surface area contributed by atoms with Gasteiger partial charge in [0.05, 0.1) is 11.8 Å². The molecule has 0 bridgehead atoms. The van der Waals surface area contributed by atoms with E-state index in [1.807, 2.05) is 16.5 Å². The molecule has 0 aliphatic carbocycles. The highest BCUT2D eigenvalue weighted by molar-refractivity contribution is 5.95. The highest BCUT2D eigenvalue weighted by Crippen LogP contribution is 2.44. The summed E-state index contributed by atoms with van der Waals surface area (Å²) >= 11 is 0. The molecule has 28 heavy (non-hydrogen) atoms. The second-order valence-corrected chi connectivity index (χ2v) is 8.76. The Labute approximate surface area is 168 Å². The molecule has 1 amide bonds. The fraction of sp³-hybridized carbons (Fsp3) is 0.565. The molecule has 3 heterocycles. The molecule has 2 aliphatic rings. The van der Waals surface area contributed by atoms with Crippen molar-refractivity contribution in [3.8, 4) is 0 Å². The van der Waals surface area contributed by atoms with Gasteiger partial charge in [0.1, 0.15) is 0 Å². The van der Waals surface area contributed by atoms with Crippen molar-refractivity contribution in [1.29, 1.82) is 0 Å². The Kier molecular flexibility index (Phi) is 5.28. The molecular formula is C23H32N4O. The lowest BCUT2D eigenvalue weighted by molar-refractivity contribution is 0.0224. The van der Waals surface area contributed by atoms with Crippen molar-refractivity contribution in [2.75, 3.05) is 33.2 Å². The van der Waals surface area contributed by atoms with Gasteiger partial charge in [0.25, 0.3) is 5.91 Å². The first kappa shape index (κ1) is 19.2. The van der Waals surface area contributed by atoms with Gasteiger partial charge in [0, 0.05) is 38.4 Å². The van der Waals surface area contributed by atoms with E-state index in [0.717, 1.165) is 56.8 Å². The van der Waals surface area contributed by atoms with E-state index in [1.165, 1.54) is 12.0 Å². The molecule has 1 spiro atoms. The minimum atomic E-state index is 0.149. The largest absolute Gasteiger partial charge is 0.339 e. The molecule has 5 nitrogen and oxygen atoms in total. The lowest BCUT2D eigenvalue weighted by Crippen LogP contribution is -2.51. The quantitative estimate of drug-likeness (QED) is 0.818. The number of rotatable bonds is 3. The summed E-state index contributed by atoms with van der Waals surface area (Å²) in [7, 11) is 2.25. The molecule has 2 aromatic rings.